The number of nitrogens with zero attached hydrogens (tertiary/aromatic N) is 1. The normalized spacial score (nSPS) is 13.1. The Hall–Kier alpha value is -1.02. The molecule has 0 aliphatic carbocycles. The molecule has 0 radical (unpaired) electrons. The average Bonchev–Trinajstić information content (AvgIpc) is 2.38. The molecule has 0 bridgehead atoms. The van der Waals surface area contributed by atoms with Gasteiger partial charge in [-0.05, 0) is 31.7 Å². The lowest BCUT2D eigenvalue weighted by Crippen LogP contribution is -2.38. The molecule has 0 amide bonds. The number of benzene rings is 1. The second-order valence-corrected chi connectivity index (χ2v) is 5.75. The Kier molecular flexibility index (Phi) is 6.36. The van der Waals surface area contributed by atoms with E-state index in [-0.39, 0.29) is 0 Å². The Morgan fingerprint density at radius 3 is 2.11 bits per heavy atom. The van der Waals surface area contributed by atoms with Gasteiger partial charge in [-0.3, -0.25) is 0 Å². The van der Waals surface area contributed by atoms with Crippen molar-refractivity contribution in [3.63, 3.8) is 0 Å². The summed E-state index contributed by atoms with van der Waals surface area (Å²) in [6, 6.07) is 8.80. The Morgan fingerprint density at radius 2 is 1.63 bits per heavy atom. The van der Waals surface area contributed by atoms with Gasteiger partial charge in [0.05, 0.1) is 6.10 Å². The standard InChI is InChI=1S/C17H29NO/c1-6-15(7-2)18(12-13(3)4)17-11-9-8-10-16(17)14(5)19/h8-11,13-15,19H,6-7,12H2,1-5H3. The molecule has 0 aliphatic heterocycles. The minimum atomic E-state index is -0.416. The highest BCUT2D eigenvalue weighted by molar-refractivity contribution is 5.55. The second-order valence-electron chi connectivity index (χ2n) is 5.75. The minimum Gasteiger partial charge on any atom is -0.389 e. The van der Waals surface area contributed by atoms with Gasteiger partial charge in [0.1, 0.15) is 0 Å². The van der Waals surface area contributed by atoms with E-state index in [1.807, 2.05) is 19.1 Å². The molecule has 0 fully saturated rings. The zero-order chi connectivity index (χ0) is 14.4. The van der Waals surface area contributed by atoms with Crippen molar-refractivity contribution >= 4 is 5.69 Å². The van der Waals surface area contributed by atoms with Crippen molar-refractivity contribution in [1.82, 2.24) is 0 Å². The zero-order valence-electron chi connectivity index (χ0n) is 13.1. The van der Waals surface area contributed by atoms with Crippen LogP contribution in [0.2, 0.25) is 0 Å². The maximum Gasteiger partial charge on any atom is 0.0781 e. The Balaban J connectivity index is 3.16. The van der Waals surface area contributed by atoms with Crippen LogP contribution in [0.4, 0.5) is 5.69 Å². The molecule has 1 unspecified atom stereocenters. The SMILES string of the molecule is CCC(CC)N(CC(C)C)c1ccccc1C(C)O. The van der Waals surface area contributed by atoms with Gasteiger partial charge >= 0.3 is 0 Å². The average molecular weight is 263 g/mol. The molecule has 0 saturated carbocycles. The lowest BCUT2D eigenvalue weighted by Gasteiger charge is -2.36. The summed E-state index contributed by atoms with van der Waals surface area (Å²) in [6.07, 6.45) is 1.86. The van der Waals surface area contributed by atoms with Gasteiger partial charge in [-0.2, -0.15) is 0 Å². The summed E-state index contributed by atoms with van der Waals surface area (Å²) in [5.74, 6) is 0.614. The number of anilines is 1. The van der Waals surface area contributed by atoms with Crippen LogP contribution in [0.1, 0.15) is 59.1 Å². The number of aliphatic hydroxyl groups excluding tert-OH is 1. The van der Waals surface area contributed by atoms with Gasteiger partial charge in [-0.25, -0.2) is 0 Å². The molecular weight excluding hydrogens is 234 g/mol. The predicted molar refractivity (Wildman–Crippen MR) is 83.6 cm³/mol. The van der Waals surface area contributed by atoms with Crippen molar-refractivity contribution in [2.45, 2.75) is 59.6 Å². The van der Waals surface area contributed by atoms with Crippen LogP contribution in [0, 0.1) is 5.92 Å². The highest BCUT2D eigenvalue weighted by Crippen LogP contribution is 2.29. The molecule has 0 aliphatic rings. The highest BCUT2D eigenvalue weighted by atomic mass is 16.3. The molecule has 1 aromatic rings. The van der Waals surface area contributed by atoms with E-state index >= 15 is 0 Å². The summed E-state index contributed by atoms with van der Waals surface area (Å²) >= 11 is 0. The van der Waals surface area contributed by atoms with Crippen molar-refractivity contribution < 1.29 is 5.11 Å². The van der Waals surface area contributed by atoms with Gasteiger partial charge in [0.15, 0.2) is 0 Å². The van der Waals surface area contributed by atoms with E-state index in [1.54, 1.807) is 0 Å². The number of para-hydroxylation sites is 1. The van der Waals surface area contributed by atoms with Gasteiger partial charge in [0.2, 0.25) is 0 Å². The summed E-state index contributed by atoms with van der Waals surface area (Å²) in [6.45, 7) is 11.9. The summed E-state index contributed by atoms with van der Waals surface area (Å²) in [4.78, 5) is 2.48. The van der Waals surface area contributed by atoms with E-state index in [1.165, 1.54) is 5.69 Å². The molecule has 2 nitrogen and oxygen atoms in total. The van der Waals surface area contributed by atoms with E-state index < -0.39 is 6.10 Å². The van der Waals surface area contributed by atoms with Crippen LogP contribution >= 0.6 is 0 Å². The van der Waals surface area contributed by atoms with Crippen LogP contribution in [0.25, 0.3) is 0 Å². The van der Waals surface area contributed by atoms with Crippen LogP contribution in [-0.2, 0) is 0 Å². The largest absolute Gasteiger partial charge is 0.389 e. The first kappa shape index (κ1) is 16.0. The van der Waals surface area contributed by atoms with E-state index in [2.05, 4.69) is 44.7 Å². The lowest BCUT2D eigenvalue weighted by molar-refractivity contribution is 0.199. The molecule has 19 heavy (non-hydrogen) atoms. The van der Waals surface area contributed by atoms with E-state index in [9.17, 15) is 5.11 Å². The van der Waals surface area contributed by atoms with Crippen LogP contribution in [0.15, 0.2) is 24.3 Å². The number of hydrogen-bond acceptors (Lipinski definition) is 2. The molecule has 0 saturated heterocycles. The Morgan fingerprint density at radius 1 is 1.05 bits per heavy atom. The smallest absolute Gasteiger partial charge is 0.0781 e. The number of aliphatic hydroxyl groups is 1. The lowest BCUT2D eigenvalue weighted by atomic mass is 10.0. The Labute approximate surface area is 118 Å². The van der Waals surface area contributed by atoms with Crippen molar-refractivity contribution in [2.24, 2.45) is 5.92 Å². The van der Waals surface area contributed by atoms with Gasteiger partial charge in [-0.1, -0.05) is 45.9 Å². The maximum atomic E-state index is 9.99. The first-order valence-electron chi connectivity index (χ1n) is 7.54. The molecule has 0 aromatic heterocycles. The third-order valence-electron chi connectivity index (χ3n) is 3.64. The summed E-state index contributed by atoms with van der Waals surface area (Å²) < 4.78 is 0. The van der Waals surface area contributed by atoms with Crippen molar-refractivity contribution in [3.8, 4) is 0 Å². The van der Waals surface area contributed by atoms with Crippen molar-refractivity contribution in [1.29, 1.82) is 0 Å². The zero-order valence-corrected chi connectivity index (χ0v) is 13.1. The molecule has 1 rings (SSSR count). The topological polar surface area (TPSA) is 23.5 Å². The third kappa shape index (κ3) is 4.24. The van der Waals surface area contributed by atoms with E-state index in [0.29, 0.717) is 12.0 Å². The molecule has 1 aromatic carbocycles. The van der Waals surface area contributed by atoms with Gasteiger partial charge in [0, 0.05) is 23.8 Å². The molecule has 1 N–H and O–H groups in total. The van der Waals surface area contributed by atoms with E-state index in [0.717, 1.165) is 24.9 Å². The first-order valence-corrected chi connectivity index (χ1v) is 7.54. The van der Waals surface area contributed by atoms with Crippen LogP contribution in [-0.4, -0.2) is 17.7 Å². The summed E-state index contributed by atoms with van der Waals surface area (Å²) in [5, 5.41) is 9.99. The molecular formula is C17H29NO. The van der Waals surface area contributed by atoms with Crippen LogP contribution in [0.3, 0.4) is 0 Å². The highest BCUT2D eigenvalue weighted by Gasteiger charge is 2.20. The summed E-state index contributed by atoms with van der Waals surface area (Å²) in [7, 11) is 0. The molecule has 0 heterocycles. The first-order chi connectivity index (χ1) is 9.01. The maximum absolute atomic E-state index is 9.99. The van der Waals surface area contributed by atoms with E-state index in [4.69, 9.17) is 0 Å². The fourth-order valence-electron chi connectivity index (χ4n) is 2.67. The fraction of sp³-hybridized carbons (Fsp3) is 0.647. The quantitative estimate of drug-likeness (QED) is 0.788. The fourth-order valence-corrected chi connectivity index (χ4v) is 2.67. The van der Waals surface area contributed by atoms with Crippen LogP contribution < -0.4 is 4.90 Å². The number of hydrogen-bond donors (Lipinski definition) is 1. The second kappa shape index (κ2) is 7.54. The van der Waals surface area contributed by atoms with Crippen molar-refractivity contribution in [2.75, 3.05) is 11.4 Å². The molecule has 2 heteroatoms. The molecule has 108 valence electrons. The van der Waals surface area contributed by atoms with Gasteiger partial charge in [0.25, 0.3) is 0 Å². The molecule has 1 atom stereocenters. The number of rotatable bonds is 7. The monoisotopic (exact) mass is 263 g/mol. The van der Waals surface area contributed by atoms with Gasteiger partial charge in [-0.15, -0.1) is 0 Å². The van der Waals surface area contributed by atoms with Crippen LogP contribution in [0.5, 0.6) is 0 Å². The predicted octanol–water partition coefficient (Wildman–Crippen LogP) is 4.39. The van der Waals surface area contributed by atoms with Gasteiger partial charge < -0.3 is 10.0 Å². The Bertz CT molecular complexity index is 369. The molecule has 0 spiro atoms. The van der Waals surface area contributed by atoms with Crippen molar-refractivity contribution in [3.05, 3.63) is 29.8 Å². The third-order valence-corrected chi connectivity index (χ3v) is 3.64. The summed E-state index contributed by atoms with van der Waals surface area (Å²) in [5.41, 5.74) is 2.23. The minimum absolute atomic E-state index is 0.416.